The number of nitrogens with zero attached hydrogens (tertiary/aromatic N) is 2. The highest BCUT2D eigenvalue weighted by molar-refractivity contribution is 7.80. The number of thiocarbonyl (C=S) groups is 1. The van der Waals surface area contributed by atoms with Crippen molar-refractivity contribution in [3.8, 4) is 5.75 Å². The molecule has 2 aromatic carbocycles. The molecule has 0 saturated carbocycles. The summed E-state index contributed by atoms with van der Waals surface area (Å²) in [5, 5.41) is 4.66. The number of hydrazine groups is 1. The first-order chi connectivity index (χ1) is 15.3. The van der Waals surface area contributed by atoms with Crippen molar-refractivity contribution in [2.75, 3.05) is 18.5 Å². The van der Waals surface area contributed by atoms with Crippen LogP contribution in [0.3, 0.4) is 0 Å². The van der Waals surface area contributed by atoms with Crippen LogP contribution >= 0.6 is 23.8 Å². The highest BCUT2D eigenvalue weighted by Crippen LogP contribution is 2.21. The van der Waals surface area contributed by atoms with Gasteiger partial charge in [0.15, 0.2) is 5.11 Å². The van der Waals surface area contributed by atoms with Gasteiger partial charge in [-0.25, -0.2) is 5.01 Å². The summed E-state index contributed by atoms with van der Waals surface area (Å²) in [5.74, 6) is -0.516. The monoisotopic (exact) mass is 474 g/mol. The van der Waals surface area contributed by atoms with E-state index in [0.717, 1.165) is 0 Å². The topological polar surface area (TPSA) is 91.0 Å². The predicted octanol–water partition coefficient (Wildman–Crippen LogP) is 3.23. The van der Waals surface area contributed by atoms with Crippen LogP contribution in [0.5, 0.6) is 5.75 Å². The van der Waals surface area contributed by atoms with Gasteiger partial charge in [0.25, 0.3) is 11.8 Å². The SMILES string of the molecule is CCOc1ccc(NC(=O)CC2C(=O)N(CC)C(=S)N2NC(=O)c2ccc(Cl)cc2)cc1. The lowest BCUT2D eigenvalue weighted by Crippen LogP contribution is -2.49. The molecule has 0 bridgehead atoms. The van der Waals surface area contributed by atoms with Crippen molar-refractivity contribution < 1.29 is 19.1 Å². The average Bonchev–Trinajstić information content (AvgIpc) is 2.99. The van der Waals surface area contributed by atoms with E-state index in [2.05, 4.69) is 10.7 Å². The number of ether oxygens (including phenoxy) is 1. The standard InChI is InChI=1S/C22H23ClN4O4S/c1-3-26-21(30)18(13-19(28)24-16-9-11-17(12-10-16)31-4-2)27(22(26)32)25-20(29)14-5-7-15(23)8-6-14/h5-12,18H,3-4,13H2,1-2H3,(H,24,28)(H,25,29). The lowest BCUT2D eigenvalue weighted by molar-refractivity contribution is -0.130. The molecule has 32 heavy (non-hydrogen) atoms. The Morgan fingerprint density at radius 1 is 1.09 bits per heavy atom. The van der Waals surface area contributed by atoms with Crippen LogP contribution in [0.4, 0.5) is 5.69 Å². The van der Waals surface area contributed by atoms with E-state index in [0.29, 0.717) is 35.2 Å². The van der Waals surface area contributed by atoms with Crippen LogP contribution in [-0.4, -0.2) is 51.9 Å². The third kappa shape index (κ3) is 5.35. The highest BCUT2D eigenvalue weighted by Gasteiger charge is 2.43. The normalized spacial score (nSPS) is 15.7. The molecular formula is C22H23ClN4O4S. The summed E-state index contributed by atoms with van der Waals surface area (Å²) in [7, 11) is 0. The highest BCUT2D eigenvalue weighted by atomic mass is 35.5. The number of carbonyl (C=O) groups is 3. The molecule has 1 heterocycles. The molecule has 2 aromatic rings. The first-order valence-electron chi connectivity index (χ1n) is 10.1. The summed E-state index contributed by atoms with van der Waals surface area (Å²) in [6, 6.07) is 12.2. The van der Waals surface area contributed by atoms with E-state index in [1.807, 2.05) is 6.92 Å². The van der Waals surface area contributed by atoms with Gasteiger partial charge in [-0.2, -0.15) is 0 Å². The van der Waals surface area contributed by atoms with Gasteiger partial charge in [0.1, 0.15) is 11.8 Å². The van der Waals surface area contributed by atoms with Gasteiger partial charge in [-0.05, 0) is 74.6 Å². The summed E-state index contributed by atoms with van der Waals surface area (Å²) in [6.07, 6.45) is -0.191. The number of amides is 3. The quantitative estimate of drug-likeness (QED) is 0.571. The Morgan fingerprint density at radius 2 is 1.75 bits per heavy atom. The van der Waals surface area contributed by atoms with Crippen molar-refractivity contribution in [3.05, 3.63) is 59.1 Å². The van der Waals surface area contributed by atoms with Gasteiger partial charge in [-0.1, -0.05) is 11.6 Å². The fourth-order valence-electron chi connectivity index (χ4n) is 3.21. The van der Waals surface area contributed by atoms with Crippen molar-refractivity contribution in [1.29, 1.82) is 0 Å². The second-order valence-corrected chi connectivity index (χ2v) is 7.71. The molecule has 3 rings (SSSR count). The minimum Gasteiger partial charge on any atom is -0.494 e. The smallest absolute Gasteiger partial charge is 0.269 e. The zero-order chi connectivity index (χ0) is 23.3. The molecule has 1 atom stereocenters. The molecule has 0 spiro atoms. The number of likely N-dealkylation sites (N-methyl/N-ethyl adjacent to an activating group) is 1. The summed E-state index contributed by atoms with van der Waals surface area (Å²) >= 11 is 11.2. The molecule has 0 aromatic heterocycles. The van der Waals surface area contributed by atoms with E-state index in [4.69, 9.17) is 28.6 Å². The van der Waals surface area contributed by atoms with Crippen molar-refractivity contribution in [2.24, 2.45) is 0 Å². The fourth-order valence-corrected chi connectivity index (χ4v) is 3.73. The second kappa shape index (κ2) is 10.4. The Bertz CT molecular complexity index is 1010. The summed E-state index contributed by atoms with van der Waals surface area (Å²) in [4.78, 5) is 39.5. The van der Waals surface area contributed by atoms with E-state index < -0.39 is 11.9 Å². The van der Waals surface area contributed by atoms with Crippen LogP contribution in [0.1, 0.15) is 30.6 Å². The minimum absolute atomic E-state index is 0.138. The molecule has 0 aliphatic carbocycles. The number of carbonyl (C=O) groups excluding carboxylic acids is 3. The Balaban J connectivity index is 1.71. The van der Waals surface area contributed by atoms with Gasteiger partial charge >= 0.3 is 0 Å². The molecule has 8 nitrogen and oxygen atoms in total. The zero-order valence-corrected chi connectivity index (χ0v) is 19.2. The maximum absolute atomic E-state index is 12.9. The van der Waals surface area contributed by atoms with Crippen LogP contribution in [0, 0.1) is 0 Å². The Labute approximate surface area is 196 Å². The molecule has 2 N–H and O–H groups in total. The van der Waals surface area contributed by atoms with Gasteiger partial charge in [-0.3, -0.25) is 24.7 Å². The van der Waals surface area contributed by atoms with Crippen LogP contribution in [0.15, 0.2) is 48.5 Å². The predicted molar refractivity (Wildman–Crippen MR) is 125 cm³/mol. The minimum atomic E-state index is -0.957. The largest absolute Gasteiger partial charge is 0.494 e. The van der Waals surface area contributed by atoms with Gasteiger partial charge in [0, 0.05) is 22.8 Å². The number of halogens is 1. The fraction of sp³-hybridized carbons (Fsp3) is 0.273. The van der Waals surface area contributed by atoms with Gasteiger partial charge in [0.05, 0.1) is 13.0 Å². The first-order valence-corrected chi connectivity index (χ1v) is 10.9. The maximum Gasteiger partial charge on any atom is 0.269 e. The molecule has 1 aliphatic heterocycles. The number of nitrogens with one attached hydrogen (secondary N) is 2. The number of anilines is 1. The zero-order valence-electron chi connectivity index (χ0n) is 17.6. The van der Waals surface area contributed by atoms with E-state index in [9.17, 15) is 14.4 Å². The molecule has 1 fully saturated rings. The van der Waals surface area contributed by atoms with Crippen molar-refractivity contribution >= 4 is 52.3 Å². The molecule has 1 saturated heterocycles. The maximum atomic E-state index is 12.9. The first kappa shape index (κ1) is 23.5. The molecule has 168 valence electrons. The number of rotatable bonds is 8. The van der Waals surface area contributed by atoms with Gasteiger partial charge in [0.2, 0.25) is 5.91 Å². The van der Waals surface area contributed by atoms with Crippen LogP contribution in [0.25, 0.3) is 0 Å². The molecule has 3 amide bonds. The van der Waals surface area contributed by atoms with Gasteiger partial charge < -0.3 is 10.1 Å². The molecular weight excluding hydrogens is 452 g/mol. The van der Waals surface area contributed by atoms with Gasteiger partial charge in [-0.15, -0.1) is 0 Å². The lowest BCUT2D eigenvalue weighted by Gasteiger charge is -2.24. The number of hydrogen-bond acceptors (Lipinski definition) is 5. The Hall–Kier alpha value is -3.17. The summed E-state index contributed by atoms with van der Waals surface area (Å²) in [5.41, 5.74) is 3.56. The number of benzene rings is 2. The van der Waals surface area contributed by atoms with E-state index in [1.54, 1.807) is 55.5 Å². The van der Waals surface area contributed by atoms with Crippen LogP contribution < -0.4 is 15.5 Å². The van der Waals surface area contributed by atoms with E-state index in [1.165, 1.54) is 9.91 Å². The van der Waals surface area contributed by atoms with Crippen molar-refractivity contribution in [2.45, 2.75) is 26.3 Å². The lowest BCUT2D eigenvalue weighted by atomic mass is 10.1. The summed E-state index contributed by atoms with van der Waals surface area (Å²) in [6.45, 7) is 4.52. The van der Waals surface area contributed by atoms with Crippen molar-refractivity contribution in [1.82, 2.24) is 15.3 Å². The van der Waals surface area contributed by atoms with Crippen LogP contribution in [0.2, 0.25) is 5.02 Å². The number of hydrogen-bond donors (Lipinski definition) is 2. The molecule has 0 radical (unpaired) electrons. The van der Waals surface area contributed by atoms with Crippen LogP contribution in [-0.2, 0) is 9.59 Å². The molecule has 1 unspecified atom stereocenters. The Morgan fingerprint density at radius 3 is 2.34 bits per heavy atom. The average molecular weight is 475 g/mol. The summed E-state index contributed by atoms with van der Waals surface area (Å²) < 4.78 is 5.39. The third-order valence-corrected chi connectivity index (χ3v) is 5.44. The third-order valence-electron chi connectivity index (χ3n) is 4.77. The second-order valence-electron chi connectivity index (χ2n) is 6.91. The molecule has 10 heteroatoms. The molecule has 1 aliphatic rings. The Kier molecular flexibility index (Phi) is 7.66. The van der Waals surface area contributed by atoms with E-state index in [-0.39, 0.29) is 23.3 Å². The van der Waals surface area contributed by atoms with Crippen molar-refractivity contribution in [3.63, 3.8) is 0 Å². The van der Waals surface area contributed by atoms with E-state index >= 15 is 0 Å².